The van der Waals surface area contributed by atoms with E-state index in [0.29, 0.717) is 12.4 Å². The fraction of sp³-hybridized carbons (Fsp3) is 1.00. The monoisotopic (exact) mass is 276 g/mol. The summed E-state index contributed by atoms with van der Waals surface area (Å²) in [6.45, 7) is 4.71. The molecule has 0 spiro atoms. The molecule has 110 valence electrons. The molecule has 2 nitrogen and oxygen atoms in total. The summed E-state index contributed by atoms with van der Waals surface area (Å²) in [4.78, 5) is 0. The van der Waals surface area contributed by atoms with E-state index in [1.807, 2.05) is 6.92 Å². The molecule has 0 aromatic rings. The van der Waals surface area contributed by atoms with Gasteiger partial charge in [0.15, 0.2) is 11.1 Å². The van der Waals surface area contributed by atoms with E-state index in [1.54, 1.807) is 0 Å². The molecule has 1 unspecified atom stereocenters. The zero-order chi connectivity index (χ0) is 13.5. The van der Waals surface area contributed by atoms with Gasteiger partial charge in [-0.25, -0.2) is 4.21 Å². The first-order valence-corrected chi connectivity index (χ1v) is 9.07. The molecule has 0 rings (SSSR count). The van der Waals surface area contributed by atoms with Crippen LogP contribution >= 0.6 is 0 Å². The van der Waals surface area contributed by atoms with Crippen LogP contribution in [0.15, 0.2) is 0 Å². The highest BCUT2D eigenvalue weighted by Crippen LogP contribution is 2.11. The normalized spacial score (nSPS) is 12.8. The molecule has 0 aromatic heterocycles. The van der Waals surface area contributed by atoms with Crippen LogP contribution in [-0.4, -0.2) is 16.6 Å². The third-order valence-corrected chi connectivity index (χ3v) is 4.28. The second kappa shape index (κ2) is 15.2. The van der Waals surface area contributed by atoms with Crippen molar-refractivity contribution in [3.63, 3.8) is 0 Å². The molecular formula is C15H32O2S. The van der Waals surface area contributed by atoms with Crippen molar-refractivity contribution in [3.8, 4) is 0 Å². The maximum Gasteiger partial charge on any atom is 0.155 e. The van der Waals surface area contributed by atoms with Gasteiger partial charge in [0.25, 0.3) is 0 Å². The Kier molecular flexibility index (Phi) is 15.3. The van der Waals surface area contributed by atoms with Crippen LogP contribution in [0.1, 0.15) is 84.5 Å². The predicted molar refractivity (Wildman–Crippen MR) is 81.1 cm³/mol. The minimum Gasteiger partial charge on any atom is -0.291 e. The molecule has 0 bridgehead atoms. The topological polar surface area (TPSA) is 26.3 Å². The van der Waals surface area contributed by atoms with Crippen molar-refractivity contribution in [2.45, 2.75) is 84.5 Å². The number of hydrogen-bond donors (Lipinski definition) is 0. The Morgan fingerprint density at radius 3 is 1.61 bits per heavy atom. The molecule has 0 aromatic carbocycles. The van der Waals surface area contributed by atoms with Crippen molar-refractivity contribution in [2.24, 2.45) is 0 Å². The van der Waals surface area contributed by atoms with Crippen molar-refractivity contribution in [3.05, 3.63) is 0 Å². The van der Waals surface area contributed by atoms with Crippen LogP contribution in [-0.2, 0) is 15.3 Å². The predicted octanol–water partition coefficient (Wildman–Crippen LogP) is 5.00. The van der Waals surface area contributed by atoms with Crippen LogP contribution in [0.3, 0.4) is 0 Å². The molecule has 0 saturated heterocycles. The summed E-state index contributed by atoms with van der Waals surface area (Å²) in [7, 11) is 0. The third-order valence-electron chi connectivity index (χ3n) is 3.16. The van der Waals surface area contributed by atoms with Crippen molar-refractivity contribution >= 4 is 11.1 Å². The molecule has 1 atom stereocenters. The molecule has 0 heterocycles. The van der Waals surface area contributed by atoms with Gasteiger partial charge in [-0.2, -0.15) is 0 Å². The Hall–Kier alpha value is 0.110. The van der Waals surface area contributed by atoms with Gasteiger partial charge >= 0.3 is 0 Å². The molecule has 0 aliphatic carbocycles. The molecule has 0 amide bonds. The van der Waals surface area contributed by atoms with Gasteiger partial charge in [0, 0.05) is 5.75 Å². The van der Waals surface area contributed by atoms with Crippen molar-refractivity contribution in [1.29, 1.82) is 0 Å². The first kappa shape index (κ1) is 18.1. The summed E-state index contributed by atoms with van der Waals surface area (Å²) in [6.07, 6.45) is 14.6. The van der Waals surface area contributed by atoms with E-state index in [9.17, 15) is 4.21 Å². The molecule has 3 heteroatoms. The Labute approximate surface area is 117 Å². The van der Waals surface area contributed by atoms with Crippen molar-refractivity contribution in [2.75, 3.05) is 12.4 Å². The maximum absolute atomic E-state index is 11.2. The van der Waals surface area contributed by atoms with Gasteiger partial charge in [0.05, 0.1) is 6.61 Å². The van der Waals surface area contributed by atoms with Gasteiger partial charge in [-0.1, -0.05) is 71.1 Å². The summed E-state index contributed by atoms with van der Waals surface area (Å²) < 4.78 is 16.2. The lowest BCUT2D eigenvalue weighted by Gasteiger charge is -2.03. The Morgan fingerprint density at radius 2 is 1.17 bits per heavy atom. The number of hydrogen-bond acceptors (Lipinski definition) is 2. The Morgan fingerprint density at radius 1 is 0.722 bits per heavy atom. The minimum absolute atomic E-state index is 0.560. The molecule has 18 heavy (non-hydrogen) atoms. The van der Waals surface area contributed by atoms with Crippen molar-refractivity contribution < 1.29 is 8.39 Å². The highest BCUT2D eigenvalue weighted by molar-refractivity contribution is 7.80. The van der Waals surface area contributed by atoms with Crippen LogP contribution in [0.4, 0.5) is 0 Å². The van der Waals surface area contributed by atoms with Crippen LogP contribution < -0.4 is 0 Å². The summed E-state index contributed by atoms with van der Waals surface area (Å²) >= 11 is -1.03. The fourth-order valence-electron chi connectivity index (χ4n) is 2.07. The first-order chi connectivity index (χ1) is 8.81. The zero-order valence-electron chi connectivity index (χ0n) is 12.4. The summed E-state index contributed by atoms with van der Waals surface area (Å²) in [5.74, 6) is 0.713. The zero-order valence-corrected chi connectivity index (χ0v) is 13.2. The number of rotatable bonds is 14. The van der Waals surface area contributed by atoms with E-state index in [0.717, 1.165) is 6.42 Å². The maximum atomic E-state index is 11.2. The minimum atomic E-state index is -1.03. The highest BCUT2D eigenvalue weighted by Gasteiger charge is 1.98. The Bertz CT molecular complexity index is 183. The van der Waals surface area contributed by atoms with E-state index < -0.39 is 11.1 Å². The van der Waals surface area contributed by atoms with E-state index >= 15 is 0 Å². The lowest BCUT2D eigenvalue weighted by Crippen LogP contribution is -2.01. The Balaban J connectivity index is 3.01. The number of unbranched alkanes of at least 4 members (excludes halogenated alkanes) is 10. The quantitative estimate of drug-likeness (QED) is 0.417. The standard InChI is InChI=1S/C15H32O2S/c1-3-5-6-7-8-9-10-11-12-13-14-15-18(16)17-4-2/h3-15H2,1-2H3. The molecule has 0 saturated carbocycles. The van der Waals surface area contributed by atoms with Gasteiger partial charge in [-0.15, -0.1) is 0 Å². The van der Waals surface area contributed by atoms with E-state index in [-0.39, 0.29) is 0 Å². The average molecular weight is 276 g/mol. The average Bonchev–Trinajstić information content (AvgIpc) is 2.36. The van der Waals surface area contributed by atoms with E-state index in [1.165, 1.54) is 64.2 Å². The SMILES string of the molecule is CCCCCCCCCCCCCS(=O)OCC. The first-order valence-electron chi connectivity index (χ1n) is 7.82. The van der Waals surface area contributed by atoms with Crippen LogP contribution in [0.2, 0.25) is 0 Å². The summed E-state index contributed by atoms with van der Waals surface area (Å²) in [6, 6.07) is 0. The summed E-state index contributed by atoms with van der Waals surface area (Å²) in [5.41, 5.74) is 0. The van der Waals surface area contributed by atoms with E-state index in [2.05, 4.69) is 6.92 Å². The smallest absolute Gasteiger partial charge is 0.155 e. The van der Waals surface area contributed by atoms with Crippen LogP contribution in [0.5, 0.6) is 0 Å². The van der Waals surface area contributed by atoms with Gasteiger partial charge in [0.1, 0.15) is 0 Å². The van der Waals surface area contributed by atoms with Crippen LogP contribution in [0.25, 0.3) is 0 Å². The molecule has 0 aliphatic heterocycles. The lowest BCUT2D eigenvalue weighted by atomic mass is 10.1. The largest absolute Gasteiger partial charge is 0.291 e. The highest BCUT2D eigenvalue weighted by atomic mass is 32.2. The second-order valence-corrected chi connectivity index (χ2v) is 6.20. The molecule has 0 N–H and O–H groups in total. The molecule has 0 fully saturated rings. The van der Waals surface area contributed by atoms with Gasteiger partial charge in [-0.3, -0.25) is 4.18 Å². The second-order valence-electron chi connectivity index (χ2n) is 4.95. The molecule has 0 radical (unpaired) electrons. The van der Waals surface area contributed by atoms with Gasteiger partial charge in [0.2, 0.25) is 0 Å². The molecule has 0 aliphatic rings. The van der Waals surface area contributed by atoms with E-state index in [4.69, 9.17) is 4.18 Å². The lowest BCUT2D eigenvalue weighted by molar-refractivity contribution is 0.370. The molecular weight excluding hydrogens is 244 g/mol. The summed E-state index contributed by atoms with van der Waals surface area (Å²) in [5, 5.41) is 0. The van der Waals surface area contributed by atoms with Crippen LogP contribution in [0, 0.1) is 0 Å². The van der Waals surface area contributed by atoms with Gasteiger partial charge in [-0.05, 0) is 13.3 Å². The fourth-order valence-corrected chi connectivity index (χ4v) is 2.90. The van der Waals surface area contributed by atoms with Crippen molar-refractivity contribution in [1.82, 2.24) is 0 Å². The third kappa shape index (κ3) is 14.2. The van der Waals surface area contributed by atoms with Gasteiger partial charge < -0.3 is 0 Å².